The minimum atomic E-state index is -0.815. The quantitative estimate of drug-likeness (QED) is 0.477. The minimum Gasteiger partial charge on any atom is -0.467 e. The molecular formula is C19H17Cl2N3O3. The van der Waals surface area contributed by atoms with Gasteiger partial charge in [-0.25, -0.2) is 14.6 Å². The Labute approximate surface area is 166 Å². The molecule has 0 saturated carbocycles. The molecule has 0 bridgehead atoms. The molecule has 0 aromatic heterocycles. The number of ether oxygens (including phenoxy) is 1. The average molecular weight is 406 g/mol. The molecule has 2 aromatic carbocycles. The van der Waals surface area contributed by atoms with Gasteiger partial charge in [-0.1, -0.05) is 52.6 Å². The van der Waals surface area contributed by atoms with Gasteiger partial charge in [-0.05, 0) is 29.7 Å². The second-order valence-corrected chi connectivity index (χ2v) is 6.98. The molecule has 0 unspecified atom stereocenters. The fourth-order valence-corrected chi connectivity index (χ4v) is 4.07. The number of nitrogens with zero attached hydrogens (tertiary/aromatic N) is 2. The predicted octanol–water partition coefficient (Wildman–Crippen LogP) is 3.59. The normalized spacial score (nSPS) is 18.4. The van der Waals surface area contributed by atoms with Crippen LogP contribution in [-0.4, -0.2) is 25.2 Å². The monoisotopic (exact) mass is 405 g/mol. The number of hydrazone groups is 1. The number of halogens is 2. The Morgan fingerprint density at radius 3 is 2.81 bits per heavy atom. The van der Waals surface area contributed by atoms with Crippen LogP contribution in [0.3, 0.4) is 0 Å². The smallest absolute Gasteiger partial charge is 0.330 e. The van der Waals surface area contributed by atoms with Crippen LogP contribution in [0.4, 0.5) is 5.69 Å². The van der Waals surface area contributed by atoms with E-state index in [1.807, 2.05) is 24.3 Å². The number of rotatable bonds is 4. The van der Waals surface area contributed by atoms with E-state index in [4.69, 9.17) is 33.7 Å². The zero-order valence-electron chi connectivity index (χ0n) is 14.5. The third-order valence-electron chi connectivity index (χ3n) is 4.63. The molecule has 1 heterocycles. The molecule has 140 valence electrons. The average Bonchev–Trinajstić information content (AvgIpc) is 2.67. The summed E-state index contributed by atoms with van der Waals surface area (Å²) in [6.07, 6.45) is 1.81. The first-order valence-corrected chi connectivity index (χ1v) is 8.98. The molecule has 1 aliphatic heterocycles. The Balaban J connectivity index is 2.24. The van der Waals surface area contributed by atoms with Crippen LogP contribution in [0.15, 0.2) is 41.5 Å². The number of hydrogen-bond acceptors (Lipinski definition) is 6. The van der Waals surface area contributed by atoms with Gasteiger partial charge < -0.3 is 10.5 Å². The number of carbonyl (C=O) groups is 1. The molecule has 2 aromatic rings. The molecule has 3 rings (SSSR count). The van der Waals surface area contributed by atoms with Gasteiger partial charge in [0.1, 0.15) is 0 Å². The van der Waals surface area contributed by atoms with Gasteiger partial charge in [0.25, 0.3) is 6.08 Å². The van der Waals surface area contributed by atoms with Crippen molar-refractivity contribution in [3.05, 3.63) is 63.1 Å². The SMILES string of the molecule is COC(=O)[C@H]1C[C@H](c2cccc(CN)c2)c2c(Cl)cc(Cl)cc2N1N=C=O. The van der Waals surface area contributed by atoms with Crippen molar-refractivity contribution in [2.45, 2.75) is 24.9 Å². The van der Waals surface area contributed by atoms with Gasteiger partial charge in [0.15, 0.2) is 6.04 Å². The number of fused-ring (bicyclic) bond motifs is 1. The van der Waals surface area contributed by atoms with Gasteiger partial charge in [0.2, 0.25) is 0 Å². The molecule has 6 nitrogen and oxygen atoms in total. The summed E-state index contributed by atoms with van der Waals surface area (Å²) >= 11 is 12.7. The molecule has 0 fully saturated rings. The standard InChI is InChI=1S/C19H17Cl2N3O3/c1-27-19(26)17-8-14(12-4-2-3-11(5-12)9-22)18-15(21)6-13(20)7-16(18)24(17)23-10-25/h2-7,14,17H,8-9,22H2,1H3/t14-,17-/m1/s1. The third-order valence-corrected chi connectivity index (χ3v) is 5.16. The fourth-order valence-electron chi connectivity index (χ4n) is 3.45. The zero-order valence-corrected chi connectivity index (χ0v) is 16.0. The second kappa shape index (κ2) is 8.11. The summed E-state index contributed by atoms with van der Waals surface area (Å²) in [5.41, 5.74) is 8.88. The lowest BCUT2D eigenvalue weighted by Crippen LogP contribution is -2.43. The van der Waals surface area contributed by atoms with E-state index in [1.54, 1.807) is 12.1 Å². The van der Waals surface area contributed by atoms with Crippen LogP contribution >= 0.6 is 23.2 Å². The Bertz CT molecular complexity index is 928. The topological polar surface area (TPSA) is 85.0 Å². The van der Waals surface area contributed by atoms with E-state index in [0.29, 0.717) is 28.7 Å². The lowest BCUT2D eigenvalue weighted by atomic mass is 9.81. The number of esters is 1. The fraction of sp³-hybridized carbons (Fsp3) is 0.263. The zero-order chi connectivity index (χ0) is 19.6. The van der Waals surface area contributed by atoms with Crippen LogP contribution in [0.1, 0.15) is 29.0 Å². The van der Waals surface area contributed by atoms with Crippen LogP contribution in [0.2, 0.25) is 10.0 Å². The molecule has 0 spiro atoms. The van der Waals surface area contributed by atoms with Crippen molar-refractivity contribution in [1.82, 2.24) is 0 Å². The summed E-state index contributed by atoms with van der Waals surface area (Å²) in [6.45, 7) is 0.393. The van der Waals surface area contributed by atoms with Crippen LogP contribution in [0.25, 0.3) is 0 Å². The largest absolute Gasteiger partial charge is 0.467 e. The van der Waals surface area contributed by atoms with E-state index in [0.717, 1.165) is 16.7 Å². The highest BCUT2D eigenvalue weighted by Gasteiger charge is 2.40. The lowest BCUT2D eigenvalue weighted by Gasteiger charge is -2.37. The number of methoxy groups -OCH3 is 1. The summed E-state index contributed by atoms with van der Waals surface area (Å²) < 4.78 is 4.91. The highest BCUT2D eigenvalue weighted by atomic mass is 35.5. The first kappa shape index (κ1) is 19.4. The Morgan fingerprint density at radius 2 is 2.15 bits per heavy atom. The van der Waals surface area contributed by atoms with Gasteiger partial charge in [-0.2, -0.15) is 0 Å². The maximum atomic E-state index is 12.4. The number of benzene rings is 2. The van der Waals surface area contributed by atoms with E-state index >= 15 is 0 Å². The molecule has 0 saturated heterocycles. The predicted molar refractivity (Wildman–Crippen MR) is 104 cm³/mol. The van der Waals surface area contributed by atoms with Gasteiger partial charge in [0, 0.05) is 28.1 Å². The van der Waals surface area contributed by atoms with Crippen molar-refractivity contribution in [2.24, 2.45) is 10.8 Å². The highest BCUT2D eigenvalue weighted by Crippen LogP contribution is 2.47. The molecule has 0 amide bonds. The van der Waals surface area contributed by atoms with Gasteiger partial charge in [-0.15, -0.1) is 0 Å². The first-order valence-electron chi connectivity index (χ1n) is 8.22. The summed E-state index contributed by atoms with van der Waals surface area (Å²) in [7, 11) is 1.29. The number of hydrogen-bond donors (Lipinski definition) is 1. The van der Waals surface area contributed by atoms with Crippen molar-refractivity contribution in [3.8, 4) is 0 Å². The number of isocyanates is 1. The van der Waals surface area contributed by atoms with E-state index in [9.17, 15) is 9.59 Å². The van der Waals surface area contributed by atoms with Gasteiger partial charge in [-0.3, -0.25) is 0 Å². The molecule has 27 heavy (non-hydrogen) atoms. The van der Waals surface area contributed by atoms with Crippen molar-refractivity contribution in [1.29, 1.82) is 0 Å². The maximum absolute atomic E-state index is 12.4. The van der Waals surface area contributed by atoms with Crippen molar-refractivity contribution in [3.63, 3.8) is 0 Å². The number of carbonyl (C=O) groups excluding carboxylic acids is 2. The summed E-state index contributed by atoms with van der Waals surface area (Å²) in [4.78, 5) is 23.4. The Kier molecular flexibility index (Phi) is 5.82. The van der Waals surface area contributed by atoms with Crippen LogP contribution in [0.5, 0.6) is 0 Å². The summed E-state index contributed by atoms with van der Waals surface area (Å²) in [5, 5.41) is 5.77. The number of anilines is 1. The van der Waals surface area contributed by atoms with E-state index in [2.05, 4.69) is 5.10 Å². The van der Waals surface area contributed by atoms with Gasteiger partial charge in [0.05, 0.1) is 12.8 Å². The minimum absolute atomic E-state index is 0.224. The molecule has 8 heteroatoms. The lowest BCUT2D eigenvalue weighted by molar-refractivity contribution is -0.142. The second-order valence-electron chi connectivity index (χ2n) is 6.13. The Morgan fingerprint density at radius 1 is 1.37 bits per heavy atom. The van der Waals surface area contributed by atoms with Crippen LogP contribution in [-0.2, 0) is 20.9 Å². The third kappa shape index (κ3) is 3.70. The van der Waals surface area contributed by atoms with Crippen LogP contribution < -0.4 is 10.7 Å². The number of nitrogens with two attached hydrogens (primary N) is 1. The molecule has 1 aliphatic rings. The molecule has 0 aliphatic carbocycles. The highest BCUT2D eigenvalue weighted by molar-refractivity contribution is 6.35. The Hall–Kier alpha value is -2.37. The molecule has 2 atom stereocenters. The van der Waals surface area contributed by atoms with Gasteiger partial charge >= 0.3 is 5.97 Å². The maximum Gasteiger partial charge on any atom is 0.330 e. The van der Waals surface area contributed by atoms with Crippen LogP contribution in [0, 0.1) is 0 Å². The van der Waals surface area contributed by atoms with Crippen molar-refractivity contribution >= 4 is 40.9 Å². The van der Waals surface area contributed by atoms with E-state index in [-0.39, 0.29) is 5.92 Å². The molecular weight excluding hydrogens is 389 g/mol. The summed E-state index contributed by atoms with van der Waals surface area (Å²) in [5.74, 6) is -0.741. The first-order chi connectivity index (χ1) is 13.0. The summed E-state index contributed by atoms with van der Waals surface area (Å²) in [6, 6.07) is 10.2. The van der Waals surface area contributed by atoms with E-state index < -0.39 is 12.0 Å². The molecule has 2 N–H and O–H groups in total. The van der Waals surface area contributed by atoms with E-state index in [1.165, 1.54) is 18.2 Å². The van der Waals surface area contributed by atoms with Crippen molar-refractivity contribution < 1.29 is 14.3 Å². The molecule has 0 radical (unpaired) electrons. The van der Waals surface area contributed by atoms with Crippen molar-refractivity contribution in [2.75, 3.05) is 12.1 Å².